The van der Waals surface area contributed by atoms with Crippen LogP contribution >= 0.6 is 0 Å². The first-order chi connectivity index (χ1) is 7.72. The first-order valence-electron chi connectivity index (χ1n) is 4.66. The molecule has 5 heteroatoms. The van der Waals surface area contributed by atoms with Crippen LogP contribution in [0, 0.1) is 18.3 Å². The summed E-state index contributed by atoms with van der Waals surface area (Å²) in [5.41, 5.74) is 7.74. The second kappa shape index (κ2) is 3.95. The van der Waals surface area contributed by atoms with Gasteiger partial charge in [0, 0.05) is 18.0 Å². The van der Waals surface area contributed by atoms with Crippen LogP contribution in [0.5, 0.6) is 0 Å². The van der Waals surface area contributed by atoms with Crippen molar-refractivity contribution < 1.29 is 0 Å². The Morgan fingerprint density at radius 2 is 2.19 bits per heavy atom. The topological polar surface area (TPSA) is 88.5 Å². The van der Waals surface area contributed by atoms with E-state index < -0.39 is 0 Å². The molecule has 0 radical (unpaired) electrons. The van der Waals surface area contributed by atoms with E-state index >= 15 is 0 Å². The van der Waals surface area contributed by atoms with Crippen molar-refractivity contribution >= 4 is 5.82 Å². The highest BCUT2D eigenvalue weighted by molar-refractivity contribution is 5.61. The average molecular weight is 211 g/mol. The molecule has 0 aliphatic heterocycles. The van der Waals surface area contributed by atoms with Crippen LogP contribution in [-0.4, -0.2) is 15.0 Å². The maximum Gasteiger partial charge on any atom is 0.163 e. The van der Waals surface area contributed by atoms with E-state index in [1.165, 1.54) is 6.20 Å². The molecule has 0 saturated heterocycles. The van der Waals surface area contributed by atoms with E-state index in [-0.39, 0.29) is 11.4 Å². The SMILES string of the molecule is Cc1ccncc1-c1ncc(C#N)c(N)n1. The molecule has 0 unspecified atom stereocenters. The molecule has 5 nitrogen and oxygen atoms in total. The minimum Gasteiger partial charge on any atom is -0.382 e. The van der Waals surface area contributed by atoms with Crippen molar-refractivity contribution in [3.05, 3.63) is 35.8 Å². The predicted molar refractivity (Wildman–Crippen MR) is 59.1 cm³/mol. The molecule has 0 spiro atoms. The summed E-state index contributed by atoms with van der Waals surface area (Å²) in [5.74, 6) is 0.679. The molecule has 0 bridgehead atoms. The third-order valence-corrected chi connectivity index (χ3v) is 2.22. The van der Waals surface area contributed by atoms with Crippen molar-refractivity contribution in [2.45, 2.75) is 6.92 Å². The summed E-state index contributed by atoms with van der Waals surface area (Å²) in [6.07, 6.45) is 4.80. The maximum absolute atomic E-state index is 8.71. The highest BCUT2D eigenvalue weighted by Gasteiger charge is 2.07. The standard InChI is InChI=1S/C11H9N5/c1-7-2-3-14-6-9(7)11-15-5-8(4-12)10(13)16-11/h2-3,5-6H,1H3,(H2,13,15,16). The number of hydrogen-bond donors (Lipinski definition) is 1. The highest BCUT2D eigenvalue weighted by Crippen LogP contribution is 2.19. The Morgan fingerprint density at radius 1 is 1.38 bits per heavy atom. The molecule has 2 aromatic rings. The molecule has 2 N–H and O–H groups in total. The highest BCUT2D eigenvalue weighted by atomic mass is 14.9. The zero-order valence-electron chi connectivity index (χ0n) is 8.68. The third-order valence-electron chi connectivity index (χ3n) is 2.22. The second-order valence-corrected chi connectivity index (χ2v) is 3.29. The van der Waals surface area contributed by atoms with E-state index in [9.17, 15) is 0 Å². The van der Waals surface area contributed by atoms with Gasteiger partial charge >= 0.3 is 0 Å². The van der Waals surface area contributed by atoms with Gasteiger partial charge in [-0.05, 0) is 18.6 Å². The largest absolute Gasteiger partial charge is 0.382 e. The summed E-state index contributed by atoms with van der Waals surface area (Å²) in [7, 11) is 0. The lowest BCUT2D eigenvalue weighted by Gasteiger charge is -2.04. The van der Waals surface area contributed by atoms with Gasteiger partial charge in [-0.25, -0.2) is 9.97 Å². The van der Waals surface area contributed by atoms with E-state index in [2.05, 4.69) is 15.0 Å². The number of pyridine rings is 1. The molecule has 2 aromatic heterocycles. The third kappa shape index (κ3) is 1.68. The van der Waals surface area contributed by atoms with E-state index in [4.69, 9.17) is 11.0 Å². The Labute approximate surface area is 92.6 Å². The molecule has 0 aliphatic carbocycles. The molecular weight excluding hydrogens is 202 g/mol. The molecule has 0 aromatic carbocycles. The molecule has 0 amide bonds. The van der Waals surface area contributed by atoms with Gasteiger partial charge in [0.05, 0.1) is 6.20 Å². The van der Waals surface area contributed by atoms with Gasteiger partial charge in [0.2, 0.25) is 0 Å². The van der Waals surface area contributed by atoms with Crippen LogP contribution in [0.3, 0.4) is 0 Å². The average Bonchev–Trinajstić information content (AvgIpc) is 2.29. The van der Waals surface area contributed by atoms with Crippen LogP contribution < -0.4 is 5.73 Å². The fourth-order valence-corrected chi connectivity index (χ4v) is 1.31. The van der Waals surface area contributed by atoms with Crippen molar-refractivity contribution in [1.29, 1.82) is 5.26 Å². The molecular formula is C11H9N5. The number of anilines is 1. The van der Waals surface area contributed by atoms with E-state index in [0.29, 0.717) is 5.82 Å². The Kier molecular flexibility index (Phi) is 2.48. The number of nitriles is 1. The Bertz CT molecular complexity index is 571. The van der Waals surface area contributed by atoms with Gasteiger partial charge < -0.3 is 5.73 Å². The molecule has 0 atom stereocenters. The number of nitrogens with zero attached hydrogens (tertiary/aromatic N) is 4. The summed E-state index contributed by atoms with van der Waals surface area (Å²) < 4.78 is 0. The van der Waals surface area contributed by atoms with Crippen LogP contribution in [0.2, 0.25) is 0 Å². The van der Waals surface area contributed by atoms with Gasteiger partial charge in [-0.1, -0.05) is 0 Å². The second-order valence-electron chi connectivity index (χ2n) is 3.29. The Balaban J connectivity index is 2.55. The summed E-state index contributed by atoms with van der Waals surface area (Å²) in [5, 5.41) is 8.71. The lowest BCUT2D eigenvalue weighted by Crippen LogP contribution is -2.00. The van der Waals surface area contributed by atoms with Crippen molar-refractivity contribution in [1.82, 2.24) is 15.0 Å². The van der Waals surface area contributed by atoms with Crippen LogP contribution in [0.1, 0.15) is 11.1 Å². The van der Waals surface area contributed by atoms with Crippen molar-refractivity contribution in [2.24, 2.45) is 0 Å². The van der Waals surface area contributed by atoms with Crippen LogP contribution in [0.15, 0.2) is 24.7 Å². The minimum absolute atomic E-state index is 0.191. The zero-order chi connectivity index (χ0) is 11.5. The fraction of sp³-hybridized carbons (Fsp3) is 0.0909. The summed E-state index contributed by atoms with van der Waals surface area (Å²) in [4.78, 5) is 12.2. The van der Waals surface area contributed by atoms with Gasteiger partial charge in [-0.2, -0.15) is 5.26 Å². The summed E-state index contributed by atoms with van der Waals surface area (Å²) in [6.45, 7) is 1.94. The Morgan fingerprint density at radius 3 is 2.81 bits per heavy atom. The number of aryl methyl sites for hydroxylation is 1. The normalized spacial score (nSPS) is 9.75. The molecule has 2 rings (SSSR count). The molecule has 0 fully saturated rings. The summed E-state index contributed by atoms with van der Waals surface area (Å²) in [6, 6.07) is 3.79. The quantitative estimate of drug-likeness (QED) is 0.768. The van der Waals surface area contributed by atoms with E-state index in [1.54, 1.807) is 12.4 Å². The van der Waals surface area contributed by atoms with E-state index in [0.717, 1.165) is 11.1 Å². The molecule has 0 saturated carbocycles. The number of aromatic nitrogens is 3. The van der Waals surface area contributed by atoms with Crippen LogP contribution in [0.25, 0.3) is 11.4 Å². The molecule has 16 heavy (non-hydrogen) atoms. The lowest BCUT2D eigenvalue weighted by molar-refractivity contribution is 1.15. The number of hydrogen-bond acceptors (Lipinski definition) is 5. The fourth-order valence-electron chi connectivity index (χ4n) is 1.31. The Hall–Kier alpha value is -2.48. The zero-order valence-corrected chi connectivity index (χ0v) is 8.68. The van der Waals surface area contributed by atoms with E-state index in [1.807, 2.05) is 19.1 Å². The van der Waals surface area contributed by atoms with Gasteiger partial charge in [-0.3, -0.25) is 4.98 Å². The van der Waals surface area contributed by atoms with Gasteiger partial charge in [-0.15, -0.1) is 0 Å². The van der Waals surface area contributed by atoms with Gasteiger partial charge in [0.15, 0.2) is 5.82 Å². The van der Waals surface area contributed by atoms with Crippen LogP contribution in [0.4, 0.5) is 5.82 Å². The lowest BCUT2D eigenvalue weighted by atomic mass is 10.1. The molecule has 0 aliphatic rings. The number of rotatable bonds is 1. The van der Waals surface area contributed by atoms with Crippen molar-refractivity contribution in [2.75, 3.05) is 5.73 Å². The first-order valence-corrected chi connectivity index (χ1v) is 4.66. The van der Waals surface area contributed by atoms with Crippen molar-refractivity contribution in [3.63, 3.8) is 0 Å². The number of nitrogens with two attached hydrogens (primary N) is 1. The predicted octanol–water partition coefficient (Wildman–Crippen LogP) is 1.30. The van der Waals surface area contributed by atoms with Crippen LogP contribution in [-0.2, 0) is 0 Å². The first kappa shape index (κ1) is 10.1. The molecule has 78 valence electrons. The smallest absolute Gasteiger partial charge is 0.163 e. The molecule has 2 heterocycles. The minimum atomic E-state index is 0.191. The maximum atomic E-state index is 8.71. The number of nitrogen functional groups attached to an aromatic ring is 1. The summed E-state index contributed by atoms with van der Waals surface area (Å²) >= 11 is 0. The van der Waals surface area contributed by atoms with Gasteiger partial charge in [0.25, 0.3) is 0 Å². The van der Waals surface area contributed by atoms with Gasteiger partial charge in [0.1, 0.15) is 17.5 Å². The van der Waals surface area contributed by atoms with Crippen molar-refractivity contribution in [3.8, 4) is 17.5 Å². The monoisotopic (exact) mass is 211 g/mol.